The summed E-state index contributed by atoms with van der Waals surface area (Å²) in [5, 5.41) is 0. The number of benzene rings is 3. The van der Waals surface area contributed by atoms with Crippen molar-refractivity contribution in [2.75, 3.05) is 0 Å². The topological polar surface area (TPSA) is 43.4 Å². The van der Waals surface area contributed by atoms with E-state index in [-0.39, 0.29) is 4.90 Å². The Kier molecular flexibility index (Phi) is 4.40. The van der Waals surface area contributed by atoms with Crippen LogP contribution in [0.1, 0.15) is 11.1 Å². The Morgan fingerprint density at radius 2 is 1.25 bits per heavy atom. The molecule has 4 heteroatoms. The zero-order valence-electron chi connectivity index (χ0n) is 13.6. The van der Waals surface area contributed by atoms with Gasteiger partial charge < -0.3 is 4.74 Å². The summed E-state index contributed by atoms with van der Waals surface area (Å²) in [6.07, 6.45) is 0. The molecule has 0 fully saturated rings. The second-order valence-electron chi connectivity index (χ2n) is 5.66. The highest BCUT2D eigenvalue weighted by molar-refractivity contribution is 7.91. The molecule has 0 radical (unpaired) electrons. The van der Waals surface area contributed by atoms with Crippen molar-refractivity contribution in [3.05, 3.63) is 83.9 Å². The predicted molar refractivity (Wildman–Crippen MR) is 94.3 cm³/mol. The van der Waals surface area contributed by atoms with Gasteiger partial charge >= 0.3 is 0 Å². The smallest absolute Gasteiger partial charge is 0.206 e. The molecule has 0 saturated heterocycles. The summed E-state index contributed by atoms with van der Waals surface area (Å²) in [6, 6.07) is 21.0. The molecule has 3 rings (SSSR count). The summed E-state index contributed by atoms with van der Waals surface area (Å²) in [5.74, 6) is 1.36. The third kappa shape index (κ3) is 3.34. The van der Waals surface area contributed by atoms with Gasteiger partial charge in [-0.05, 0) is 61.9 Å². The van der Waals surface area contributed by atoms with Gasteiger partial charge in [-0.2, -0.15) is 0 Å². The van der Waals surface area contributed by atoms with E-state index < -0.39 is 9.84 Å². The Morgan fingerprint density at radius 3 is 1.83 bits per heavy atom. The number of hydrogen-bond donors (Lipinski definition) is 0. The summed E-state index contributed by atoms with van der Waals surface area (Å²) in [6.45, 7) is 3.89. The van der Waals surface area contributed by atoms with Crippen molar-refractivity contribution in [3.63, 3.8) is 0 Å². The number of rotatable bonds is 4. The van der Waals surface area contributed by atoms with Gasteiger partial charge in [-0.3, -0.25) is 0 Å². The first-order chi connectivity index (χ1) is 11.5. The zero-order chi connectivity index (χ0) is 17.2. The van der Waals surface area contributed by atoms with Crippen LogP contribution in [-0.2, 0) is 9.84 Å². The number of aryl methyl sites for hydroxylation is 2. The average Bonchev–Trinajstić information content (AvgIpc) is 2.58. The minimum absolute atomic E-state index is 0.253. The third-order valence-electron chi connectivity index (χ3n) is 3.79. The monoisotopic (exact) mass is 338 g/mol. The summed E-state index contributed by atoms with van der Waals surface area (Å²) >= 11 is 0. The first kappa shape index (κ1) is 16.3. The summed E-state index contributed by atoms with van der Waals surface area (Å²) in [7, 11) is -3.51. The summed E-state index contributed by atoms with van der Waals surface area (Å²) < 4.78 is 31.1. The number of hydrogen-bond acceptors (Lipinski definition) is 3. The minimum atomic E-state index is -3.51. The van der Waals surface area contributed by atoms with Crippen molar-refractivity contribution < 1.29 is 13.2 Å². The van der Waals surface area contributed by atoms with Gasteiger partial charge in [-0.15, -0.1) is 0 Å². The number of para-hydroxylation sites is 1. The Labute approximate surface area is 142 Å². The maximum Gasteiger partial charge on any atom is 0.206 e. The van der Waals surface area contributed by atoms with Crippen LogP contribution in [0.25, 0.3) is 0 Å². The molecule has 0 bridgehead atoms. The van der Waals surface area contributed by atoms with Gasteiger partial charge in [-0.1, -0.05) is 35.9 Å². The van der Waals surface area contributed by atoms with Gasteiger partial charge in [0, 0.05) is 0 Å². The van der Waals surface area contributed by atoms with E-state index in [9.17, 15) is 8.42 Å². The quantitative estimate of drug-likeness (QED) is 0.677. The second kappa shape index (κ2) is 6.49. The highest BCUT2D eigenvalue weighted by atomic mass is 32.2. The van der Waals surface area contributed by atoms with E-state index in [1.165, 1.54) is 0 Å². The fraction of sp³-hybridized carbons (Fsp3) is 0.100. The van der Waals surface area contributed by atoms with E-state index in [0.29, 0.717) is 10.6 Å². The van der Waals surface area contributed by atoms with Crippen molar-refractivity contribution in [2.45, 2.75) is 23.6 Å². The molecule has 0 amide bonds. The fourth-order valence-electron chi connectivity index (χ4n) is 2.34. The molecule has 0 aliphatic heterocycles. The van der Waals surface area contributed by atoms with Gasteiger partial charge in [0.05, 0.1) is 9.79 Å². The molecule has 3 aromatic rings. The predicted octanol–water partition coefficient (Wildman–Crippen LogP) is 4.93. The van der Waals surface area contributed by atoms with E-state index in [0.717, 1.165) is 16.9 Å². The first-order valence-corrected chi connectivity index (χ1v) is 9.10. The third-order valence-corrected chi connectivity index (χ3v) is 5.57. The van der Waals surface area contributed by atoms with Gasteiger partial charge in [-0.25, -0.2) is 8.42 Å². The van der Waals surface area contributed by atoms with Crippen molar-refractivity contribution in [1.82, 2.24) is 0 Å². The first-order valence-electron chi connectivity index (χ1n) is 7.62. The maximum atomic E-state index is 12.6. The van der Waals surface area contributed by atoms with Gasteiger partial charge in [0.15, 0.2) is 0 Å². The summed E-state index contributed by atoms with van der Waals surface area (Å²) in [4.78, 5) is 0.546. The van der Waals surface area contributed by atoms with Crippen molar-refractivity contribution in [2.24, 2.45) is 0 Å². The number of sulfone groups is 1. The zero-order valence-corrected chi connectivity index (χ0v) is 14.4. The van der Waals surface area contributed by atoms with Crippen LogP contribution in [0.5, 0.6) is 11.5 Å². The standard InChI is InChI=1S/C20H18O3S/c1-15-7-11-18(12-8-15)24(21,22)19-13-9-17(10-14-19)23-20-6-4-3-5-16(20)2/h3-14H,1-2H3. The lowest BCUT2D eigenvalue weighted by Gasteiger charge is -2.09. The van der Waals surface area contributed by atoms with E-state index >= 15 is 0 Å². The molecule has 0 aliphatic carbocycles. The van der Waals surface area contributed by atoms with Crippen molar-refractivity contribution >= 4 is 9.84 Å². The van der Waals surface area contributed by atoms with Crippen LogP contribution in [-0.4, -0.2) is 8.42 Å². The summed E-state index contributed by atoms with van der Waals surface area (Å²) in [5.41, 5.74) is 2.05. The average molecular weight is 338 g/mol. The highest BCUT2D eigenvalue weighted by Gasteiger charge is 2.17. The Hall–Kier alpha value is -2.59. The molecule has 0 spiro atoms. The van der Waals surface area contributed by atoms with Crippen LogP contribution in [0.2, 0.25) is 0 Å². The second-order valence-corrected chi connectivity index (χ2v) is 7.61. The molecular formula is C20H18O3S. The Bertz CT molecular complexity index is 941. The van der Waals surface area contributed by atoms with E-state index in [4.69, 9.17) is 4.74 Å². The van der Waals surface area contributed by atoms with E-state index in [1.807, 2.05) is 38.1 Å². The van der Waals surface area contributed by atoms with Crippen LogP contribution in [0.15, 0.2) is 82.6 Å². The van der Waals surface area contributed by atoms with E-state index in [1.54, 1.807) is 48.5 Å². The van der Waals surface area contributed by atoms with E-state index in [2.05, 4.69) is 0 Å². The number of ether oxygens (including phenoxy) is 1. The molecule has 24 heavy (non-hydrogen) atoms. The van der Waals surface area contributed by atoms with Gasteiger partial charge in [0.1, 0.15) is 11.5 Å². The molecule has 0 N–H and O–H groups in total. The Morgan fingerprint density at radius 1 is 0.708 bits per heavy atom. The molecule has 3 aromatic carbocycles. The SMILES string of the molecule is Cc1ccc(S(=O)(=O)c2ccc(Oc3ccccc3C)cc2)cc1. The molecule has 0 heterocycles. The van der Waals surface area contributed by atoms with Crippen LogP contribution < -0.4 is 4.74 Å². The van der Waals surface area contributed by atoms with Gasteiger partial charge in [0.25, 0.3) is 0 Å². The van der Waals surface area contributed by atoms with Crippen molar-refractivity contribution in [3.8, 4) is 11.5 Å². The normalized spacial score (nSPS) is 11.2. The van der Waals surface area contributed by atoms with Crippen LogP contribution >= 0.6 is 0 Å². The minimum Gasteiger partial charge on any atom is -0.457 e. The van der Waals surface area contributed by atoms with Crippen LogP contribution in [0.4, 0.5) is 0 Å². The molecule has 0 aliphatic rings. The lowest BCUT2D eigenvalue weighted by molar-refractivity contribution is 0.478. The molecule has 0 saturated carbocycles. The van der Waals surface area contributed by atoms with Gasteiger partial charge in [0.2, 0.25) is 9.84 Å². The molecule has 122 valence electrons. The molecular weight excluding hydrogens is 320 g/mol. The molecule has 0 aromatic heterocycles. The Balaban J connectivity index is 1.86. The lowest BCUT2D eigenvalue weighted by Crippen LogP contribution is -2.01. The largest absolute Gasteiger partial charge is 0.457 e. The lowest BCUT2D eigenvalue weighted by atomic mass is 10.2. The maximum absolute atomic E-state index is 12.6. The van der Waals surface area contributed by atoms with Crippen LogP contribution in [0.3, 0.4) is 0 Å². The molecule has 0 unspecified atom stereocenters. The molecule has 0 atom stereocenters. The van der Waals surface area contributed by atoms with Crippen LogP contribution in [0, 0.1) is 13.8 Å². The van der Waals surface area contributed by atoms with Crippen molar-refractivity contribution in [1.29, 1.82) is 0 Å². The fourth-order valence-corrected chi connectivity index (χ4v) is 3.60. The highest BCUT2D eigenvalue weighted by Crippen LogP contribution is 2.27. The molecule has 3 nitrogen and oxygen atoms in total.